The molecule has 4 rings (SSSR count). The predicted octanol–water partition coefficient (Wildman–Crippen LogP) is 6.28. The molecule has 12 nitrogen and oxygen atoms in total. The lowest BCUT2D eigenvalue weighted by Crippen LogP contribution is -2.43. The lowest BCUT2D eigenvalue weighted by molar-refractivity contribution is -0.171. The van der Waals surface area contributed by atoms with E-state index in [1.165, 1.54) is 13.2 Å². The third kappa shape index (κ3) is 13.7. The number of hydrogen-bond donors (Lipinski definition) is 1. The lowest BCUT2D eigenvalue weighted by Gasteiger charge is -2.40. The number of nitrogens with one attached hydrogen (secondary N) is 1. The number of carbonyl (C=O) groups is 3. The zero-order chi connectivity index (χ0) is 35.9. The fourth-order valence-corrected chi connectivity index (χ4v) is 6.66. The number of hydrogen-bond acceptors (Lipinski definition) is 11. The number of ether oxygens (including phenoxy) is 6. The number of aromatic nitrogens is 1. The van der Waals surface area contributed by atoms with Crippen molar-refractivity contribution in [3.8, 4) is 0 Å². The summed E-state index contributed by atoms with van der Waals surface area (Å²) in [5.41, 5.74) is 0.735. The molecule has 12 heteroatoms. The van der Waals surface area contributed by atoms with E-state index >= 15 is 0 Å². The smallest absolute Gasteiger partial charge is 0.407 e. The number of rotatable bonds is 12. The van der Waals surface area contributed by atoms with Crippen molar-refractivity contribution in [2.75, 3.05) is 20.8 Å². The summed E-state index contributed by atoms with van der Waals surface area (Å²) in [5, 5.41) is 2.54. The van der Waals surface area contributed by atoms with Crippen molar-refractivity contribution in [2.24, 2.45) is 11.8 Å². The van der Waals surface area contributed by atoms with E-state index in [0.717, 1.165) is 31.4 Å². The summed E-state index contributed by atoms with van der Waals surface area (Å²) in [6.45, 7) is 6.83. The van der Waals surface area contributed by atoms with Crippen molar-refractivity contribution < 1.29 is 47.2 Å². The van der Waals surface area contributed by atoms with E-state index in [2.05, 4.69) is 41.9 Å². The van der Waals surface area contributed by atoms with Crippen molar-refractivity contribution in [2.45, 2.75) is 134 Å². The molecular weight excluding hydrogens is 644 g/mol. The number of alkyl carbamates (subject to hydrolysis) is 1. The van der Waals surface area contributed by atoms with Crippen molar-refractivity contribution in [1.29, 1.82) is 0 Å². The molecule has 1 N–H and O–H groups in total. The van der Waals surface area contributed by atoms with E-state index in [0.29, 0.717) is 56.3 Å². The largest absolute Gasteiger partial charge is 0.459 e. The molecule has 1 aromatic heterocycles. The van der Waals surface area contributed by atoms with Crippen molar-refractivity contribution >= 4 is 24.1 Å². The zero-order valence-corrected chi connectivity index (χ0v) is 30.3. The number of esters is 2. The van der Waals surface area contributed by atoms with Crippen molar-refractivity contribution in [3.05, 3.63) is 48.2 Å². The summed E-state index contributed by atoms with van der Waals surface area (Å²) in [6, 6.07) is 0. The normalized spacial score (nSPS) is 29.6. The van der Waals surface area contributed by atoms with Gasteiger partial charge < -0.3 is 38.2 Å². The number of allylic oxidation sites excluding steroid dienone is 2. The summed E-state index contributed by atoms with van der Waals surface area (Å²) < 4.78 is 40.8. The minimum absolute atomic E-state index is 0.0180. The van der Waals surface area contributed by atoms with E-state index < -0.39 is 24.3 Å². The van der Waals surface area contributed by atoms with Crippen LogP contribution in [0.4, 0.5) is 4.79 Å². The molecule has 3 aliphatic heterocycles. The van der Waals surface area contributed by atoms with Gasteiger partial charge in [0, 0.05) is 45.4 Å². The highest BCUT2D eigenvalue weighted by Gasteiger charge is 2.38. The Morgan fingerprint density at radius 2 is 1.80 bits per heavy atom. The van der Waals surface area contributed by atoms with Crippen LogP contribution in [-0.2, 0) is 44.4 Å². The molecule has 3 saturated heterocycles. The Hall–Kier alpha value is -3.48. The molecule has 0 aliphatic carbocycles. The van der Waals surface area contributed by atoms with E-state index in [1.54, 1.807) is 31.6 Å². The molecule has 0 spiro atoms. The van der Waals surface area contributed by atoms with Gasteiger partial charge in [-0.15, -0.1) is 0 Å². The average Bonchev–Trinajstić information content (AvgIpc) is 3.52. The van der Waals surface area contributed by atoms with Gasteiger partial charge in [-0.25, -0.2) is 14.6 Å². The monoisotopic (exact) mass is 700 g/mol. The first kappa shape index (κ1) is 39.3. The number of methoxy groups -OCH3 is 2. The van der Waals surface area contributed by atoms with E-state index in [1.807, 2.05) is 6.08 Å². The minimum atomic E-state index is -0.517. The molecule has 4 heterocycles. The van der Waals surface area contributed by atoms with Crippen LogP contribution in [0.5, 0.6) is 0 Å². The highest BCUT2D eigenvalue weighted by molar-refractivity contribution is 5.82. The first-order chi connectivity index (χ1) is 24.1. The van der Waals surface area contributed by atoms with Gasteiger partial charge in [-0.1, -0.05) is 39.0 Å². The quantitative estimate of drug-likeness (QED) is 0.114. The maximum absolute atomic E-state index is 13.3. The van der Waals surface area contributed by atoms with Gasteiger partial charge in [0.2, 0.25) is 5.89 Å². The van der Waals surface area contributed by atoms with Crippen LogP contribution in [0.25, 0.3) is 6.08 Å². The Morgan fingerprint density at radius 3 is 2.58 bits per heavy atom. The molecule has 1 aromatic rings. The number of amides is 1. The highest BCUT2D eigenvalue weighted by Crippen LogP contribution is 2.34. The number of nitrogens with zero attached hydrogens (tertiary/aromatic N) is 1. The second-order valence-electron chi connectivity index (χ2n) is 14.0. The number of fused-ring (bicyclic) bond motifs is 4. The molecule has 0 radical (unpaired) electrons. The lowest BCUT2D eigenvalue weighted by atomic mass is 9.86. The Labute approximate surface area is 296 Å². The maximum atomic E-state index is 13.3. The van der Waals surface area contributed by atoms with Gasteiger partial charge in [-0.3, -0.25) is 4.79 Å². The van der Waals surface area contributed by atoms with Gasteiger partial charge in [-0.2, -0.15) is 0 Å². The first-order valence-corrected chi connectivity index (χ1v) is 18.1. The van der Waals surface area contributed by atoms with Gasteiger partial charge in [0.25, 0.3) is 0 Å². The van der Waals surface area contributed by atoms with Crippen LogP contribution in [0.3, 0.4) is 0 Å². The number of carbonyl (C=O) groups excluding carboxylic acids is 3. The Kier molecular flexibility index (Phi) is 16.0. The molecule has 50 heavy (non-hydrogen) atoms. The Balaban J connectivity index is 1.34. The van der Waals surface area contributed by atoms with E-state index in [-0.39, 0.29) is 49.5 Å². The van der Waals surface area contributed by atoms with Crippen LogP contribution in [0.15, 0.2) is 41.1 Å². The summed E-state index contributed by atoms with van der Waals surface area (Å²) in [6.07, 6.45) is 17.2. The summed E-state index contributed by atoms with van der Waals surface area (Å²) >= 11 is 0. The highest BCUT2D eigenvalue weighted by atomic mass is 16.6. The zero-order valence-electron chi connectivity index (χ0n) is 30.3. The molecule has 1 amide bonds. The van der Waals surface area contributed by atoms with Gasteiger partial charge in [0.05, 0.1) is 49.7 Å². The third-order valence-corrected chi connectivity index (χ3v) is 9.35. The molecular formula is C38H56N2O10. The Morgan fingerprint density at radius 1 is 1.00 bits per heavy atom. The average molecular weight is 701 g/mol. The SMILES string of the molecule is COC(=O)NC/C=C\c1nc(CC/C=C\C(=O)O[C@H]2CC3CC(=O)O[C@@H](/C=C/CC(C)C)C[C@@H]4CC[C@H](C)[C@@H](C[C@@H](OC)C[C@H](C2)O3)O4)co1. The molecule has 8 atom stereocenters. The van der Waals surface area contributed by atoms with Crippen LogP contribution in [0.1, 0.15) is 96.6 Å². The van der Waals surface area contributed by atoms with E-state index in [9.17, 15) is 14.4 Å². The van der Waals surface area contributed by atoms with Gasteiger partial charge >= 0.3 is 18.0 Å². The maximum Gasteiger partial charge on any atom is 0.407 e. The molecule has 1 unspecified atom stereocenters. The topological polar surface area (TPSA) is 145 Å². The van der Waals surface area contributed by atoms with Crippen LogP contribution in [-0.4, -0.2) is 86.5 Å². The Bertz CT molecular complexity index is 1310. The fourth-order valence-electron chi connectivity index (χ4n) is 6.66. The molecule has 3 fully saturated rings. The van der Waals surface area contributed by atoms with Gasteiger partial charge in [0.15, 0.2) is 0 Å². The van der Waals surface area contributed by atoms with Crippen molar-refractivity contribution in [1.82, 2.24) is 10.3 Å². The molecule has 278 valence electrons. The minimum Gasteiger partial charge on any atom is -0.459 e. The third-order valence-electron chi connectivity index (χ3n) is 9.35. The van der Waals surface area contributed by atoms with Gasteiger partial charge in [-0.05, 0) is 62.5 Å². The summed E-state index contributed by atoms with van der Waals surface area (Å²) in [4.78, 5) is 41.7. The van der Waals surface area contributed by atoms with Gasteiger partial charge in [0.1, 0.15) is 18.5 Å². The molecule has 0 saturated carbocycles. The number of cyclic esters (lactones) is 1. The second kappa shape index (κ2) is 20.4. The number of oxazole rings is 1. The predicted molar refractivity (Wildman–Crippen MR) is 186 cm³/mol. The standard InChI is InChI=1S/C38H56N2O10/c1-25(2)10-8-12-28-18-29-16-15-26(3)34(48-29)22-30(44-4)19-31-20-32(21-33(47-31)23-37(42)49-28)50-36(41)14-7-6-11-27-24-46-35(40-27)13-9-17-39-38(43)45-5/h7-9,12-14,24-26,28-34H,6,10-11,15-23H2,1-5H3,(H,39,43)/b12-8+,13-9-,14-7-/t26-,28-,29-,30-,31+,32+,33?,34+/m0/s1. The molecule has 3 aliphatic rings. The van der Waals surface area contributed by atoms with Crippen LogP contribution < -0.4 is 5.32 Å². The van der Waals surface area contributed by atoms with Crippen LogP contribution in [0, 0.1) is 11.8 Å². The van der Waals surface area contributed by atoms with Crippen molar-refractivity contribution in [3.63, 3.8) is 0 Å². The molecule has 0 aromatic carbocycles. The van der Waals surface area contributed by atoms with E-state index in [4.69, 9.17) is 28.1 Å². The summed E-state index contributed by atoms with van der Waals surface area (Å²) in [7, 11) is 3.02. The second-order valence-corrected chi connectivity index (χ2v) is 14.0. The fraction of sp³-hybridized carbons (Fsp3) is 0.684. The number of aryl methyl sites for hydroxylation is 1. The first-order valence-electron chi connectivity index (χ1n) is 18.1. The van der Waals surface area contributed by atoms with Crippen LogP contribution >= 0.6 is 0 Å². The van der Waals surface area contributed by atoms with Crippen LogP contribution in [0.2, 0.25) is 0 Å². The summed E-state index contributed by atoms with van der Waals surface area (Å²) in [5.74, 6) is 0.537. The molecule has 4 bridgehead atoms.